The van der Waals surface area contributed by atoms with Crippen LogP contribution in [0.1, 0.15) is 78.1 Å². The second-order valence-electron chi connectivity index (χ2n) is 10.1. The molecule has 0 aromatic rings. The van der Waals surface area contributed by atoms with Gasteiger partial charge >= 0.3 is 0 Å². The number of epoxide rings is 1. The van der Waals surface area contributed by atoms with Crippen molar-refractivity contribution in [3.05, 3.63) is 0 Å². The van der Waals surface area contributed by atoms with E-state index in [1.165, 1.54) is 57.8 Å². The summed E-state index contributed by atoms with van der Waals surface area (Å²) in [4.78, 5) is 0. The lowest BCUT2D eigenvalue weighted by atomic mass is 9.44. The molecule has 0 bridgehead atoms. The van der Waals surface area contributed by atoms with Crippen LogP contribution in [0.4, 0.5) is 0 Å². The van der Waals surface area contributed by atoms with E-state index in [1.54, 1.807) is 0 Å². The third-order valence-corrected chi connectivity index (χ3v) is 9.66. The molecule has 4 aliphatic carbocycles. The van der Waals surface area contributed by atoms with Crippen molar-refractivity contribution in [1.82, 2.24) is 0 Å². The number of rotatable bonds is 1. The fraction of sp³-hybridized carbons (Fsp3) is 1.00. The van der Waals surface area contributed by atoms with E-state index in [1.807, 2.05) is 0 Å². The molecular weight excluding hydrogens is 284 g/mol. The van der Waals surface area contributed by atoms with Crippen LogP contribution in [0.25, 0.3) is 0 Å². The van der Waals surface area contributed by atoms with Crippen LogP contribution in [0.5, 0.6) is 0 Å². The zero-order chi connectivity index (χ0) is 15.9. The van der Waals surface area contributed by atoms with E-state index in [4.69, 9.17) is 4.74 Å². The highest BCUT2D eigenvalue weighted by Gasteiger charge is 2.68. The number of hydrogen-bond donors (Lipinski definition) is 1. The van der Waals surface area contributed by atoms with Gasteiger partial charge in [-0.2, -0.15) is 0 Å². The van der Waals surface area contributed by atoms with E-state index in [2.05, 4.69) is 13.8 Å². The molecule has 2 heteroatoms. The van der Waals surface area contributed by atoms with Crippen molar-refractivity contribution in [2.75, 3.05) is 6.61 Å². The van der Waals surface area contributed by atoms with Gasteiger partial charge in [0, 0.05) is 5.41 Å². The minimum absolute atomic E-state index is 0.118. The van der Waals surface area contributed by atoms with E-state index < -0.39 is 5.60 Å². The van der Waals surface area contributed by atoms with Gasteiger partial charge in [-0.25, -0.2) is 0 Å². The molecule has 1 N–H and O–H groups in total. The summed E-state index contributed by atoms with van der Waals surface area (Å²) in [6, 6.07) is 0. The summed E-state index contributed by atoms with van der Waals surface area (Å²) in [7, 11) is 0. The molecule has 0 aromatic heterocycles. The van der Waals surface area contributed by atoms with Crippen molar-refractivity contribution in [3.8, 4) is 0 Å². The zero-order valence-electron chi connectivity index (χ0n) is 15.0. The Kier molecular flexibility index (Phi) is 3.14. The van der Waals surface area contributed by atoms with Crippen LogP contribution >= 0.6 is 0 Å². The molecular formula is C21H34O2. The second kappa shape index (κ2) is 4.75. The molecule has 23 heavy (non-hydrogen) atoms. The van der Waals surface area contributed by atoms with Gasteiger partial charge in [-0.3, -0.25) is 0 Å². The molecule has 0 unspecified atom stereocenters. The van der Waals surface area contributed by atoms with Gasteiger partial charge in [-0.1, -0.05) is 26.7 Å². The first-order valence-electron chi connectivity index (χ1n) is 10.3. The lowest BCUT2D eigenvalue weighted by Crippen LogP contribution is -2.57. The normalized spacial score (nSPS) is 61.4. The van der Waals surface area contributed by atoms with E-state index >= 15 is 0 Å². The average Bonchev–Trinajstić information content (AvgIpc) is 3.34. The van der Waals surface area contributed by atoms with Gasteiger partial charge in [-0.15, -0.1) is 0 Å². The largest absolute Gasteiger partial charge is 0.387 e. The Hall–Kier alpha value is -0.0800. The number of hydrogen-bond acceptors (Lipinski definition) is 2. The minimum Gasteiger partial charge on any atom is -0.387 e. The standard InChI is InChI=1S/C21H34O2/c1-19-10-4-3-5-14(19)6-7-15-16(19)8-11-20(2)17(15)9-12-21(20,22)18-13-23-18/h14-18,22H,3-13H2,1-2H3/t14-,15-,16+,17+,18-,19+,20+,21-/m1/s1. The highest BCUT2D eigenvalue weighted by atomic mass is 16.6. The molecule has 0 radical (unpaired) electrons. The van der Waals surface area contributed by atoms with Crippen molar-refractivity contribution in [1.29, 1.82) is 0 Å². The van der Waals surface area contributed by atoms with Crippen molar-refractivity contribution < 1.29 is 9.84 Å². The molecule has 0 amide bonds. The predicted octanol–water partition coefficient (Wildman–Crippen LogP) is 4.55. The van der Waals surface area contributed by atoms with Crippen LogP contribution in [-0.4, -0.2) is 23.4 Å². The van der Waals surface area contributed by atoms with Gasteiger partial charge in [0.15, 0.2) is 0 Å². The number of fused-ring (bicyclic) bond motifs is 5. The Morgan fingerprint density at radius 2 is 1.65 bits per heavy atom. The van der Waals surface area contributed by atoms with E-state index in [0.717, 1.165) is 36.7 Å². The first-order valence-corrected chi connectivity index (χ1v) is 10.3. The van der Waals surface area contributed by atoms with Crippen LogP contribution in [0.15, 0.2) is 0 Å². The van der Waals surface area contributed by atoms with E-state index in [-0.39, 0.29) is 11.5 Å². The molecule has 8 atom stereocenters. The Bertz CT molecular complexity index is 500. The fourth-order valence-electron chi connectivity index (χ4n) is 8.20. The van der Waals surface area contributed by atoms with Crippen molar-refractivity contribution in [2.45, 2.75) is 89.8 Å². The molecule has 1 heterocycles. The summed E-state index contributed by atoms with van der Waals surface area (Å²) in [5, 5.41) is 11.4. The maximum atomic E-state index is 11.4. The Morgan fingerprint density at radius 3 is 2.43 bits per heavy atom. The molecule has 0 aromatic carbocycles. The zero-order valence-corrected chi connectivity index (χ0v) is 15.0. The predicted molar refractivity (Wildman–Crippen MR) is 91.0 cm³/mol. The SMILES string of the molecule is C[C@]12CCCC[C@@H]1CC[C@@H]1[C@@H]2CC[C@@]2(C)[C@H]1CC[C@@]2(O)[C@H]1CO1. The lowest BCUT2D eigenvalue weighted by molar-refractivity contribution is -0.157. The number of ether oxygens (including phenoxy) is 1. The fourth-order valence-corrected chi connectivity index (χ4v) is 8.20. The topological polar surface area (TPSA) is 32.8 Å². The van der Waals surface area contributed by atoms with Crippen LogP contribution in [0, 0.1) is 34.5 Å². The first-order chi connectivity index (χ1) is 11.0. The van der Waals surface area contributed by atoms with Crippen LogP contribution < -0.4 is 0 Å². The number of aliphatic hydroxyl groups is 1. The molecule has 0 spiro atoms. The molecule has 1 saturated heterocycles. The quantitative estimate of drug-likeness (QED) is 0.719. The summed E-state index contributed by atoms with van der Waals surface area (Å²) in [5.74, 6) is 3.55. The third-order valence-electron chi connectivity index (χ3n) is 9.66. The third kappa shape index (κ3) is 1.83. The maximum absolute atomic E-state index is 11.4. The van der Waals surface area contributed by atoms with Gasteiger partial charge in [-0.05, 0) is 80.5 Å². The van der Waals surface area contributed by atoms with Gasteiger partial charge in [0.25, 0.3) is 0 Å². The van der Waals surface area contributed by atoms with Crippen molar-refractivity contribution >= 4 is 0 Å². The van der Waals surface area contributed by atoms with Gasteiger partial charge in [0.2, 0.25) is 0 Å². The molecule has 5 aliphatic rings. The highest BCUT2D eigenvalue weighted by molar-refractivity contribution is 5.17. The summed E-state index contributed by atoms with van der Waals surface area (Å²) in [5.41, 5.74) is 0.208. The first kappa shape index (κ1) is 15.2. The van der Waals surface area contributed by atoms with Gasteiger partial charge in [0.05, 0.1) is 12.2 Å². The molecule has 130 valence electrons. The van der Waals surface area contributed by atoms with E-state index in [0.29, 0.717) is 5.41 Å². The van der Waals surface area contributed by atoms with Crippen LogP contribution in [0.3, 0.4) is 0 Å². The van der Waals surface area contributed by atoms with Crippen molar-refractivity contribution in [3.63, 3.8) is 0 Å². The van der Waals surface area contributed by atoms with E-state index in [9.17, 15) is 5.11 Å². The van der Waals surface area contributed by atoms with Gasteiger partial charge in [0.1, 0.15) is 6.10 Å². The van der Waals surface area contributed by atoms with Crippen molar-refractivity contribution in [2.24, 2.45) is 34.5 Å². The summed E-state index contributed by atoms with van der Waals surface area (Å²) in [6.07, 6.45) is 13.8. The second-order valence-corrected chi connectivity index (χ2v) is 10.1. The summed E-state index contributed by atoms with van der Waals surface area (Å²) >= 11 is 0. The average molecular weight is 319 g/mol. The summed E-state index contributed by atoms with van der Waals surface area (Å²) in [6.45, 7) is 5.85. The maximum Gasteiger partial charge on any atom is 0.110 e. The monoisotopic (exact) mass is 318 g/mol. The molecule has 4 saturated carbocycles. The van der Waals surface area contributed by atoms with Gasteiger partial charge < -0.3 is 9.84 Å². The minimum atomic E-state index is -0.521. The highest BCUT2D eigenvalue weighted by Crippen LogP contribution is 2.69. The lowest BCUT2D eigenvalue weighted by Gasteiger charge is -2.61. The molecule has 2 nitrogen and oxygen atoms in total. The molecule has 5 fully saturated rings. The van der Waals surface area contributed by atoms with Crippen LogP contribution in [0.2, 0.25) is 0 Å². The Morgan fingerprint density at radius 1 is 0.870 bits per heavy atom. The Balaban J connectivity index is 1.47. The summed E-state index contributed by atoms with van der Waals surface area (Å²) < 4.78 is 5.60. The molecule has 1 aliphatic heterocycles. The van der Waals surface area contributed by atoms with Crippen LogP contribution in [-0.2, 0) is 4.74 Å². The molecule has 5 rings (SSSR count). The smallest absolute Gasteiger partial charge is 0.110 e. The Labute approximate surface area is 141 Å².